The quantitative estimate of drug-likeness (QED) is 0.308. The summed E-state index contributed by atoms with van der Waals surface area (Å²) in [6.07, 6.45) is 0. The predicted octanol–water partition coefficient (Wildman–Crippen LogP) is 5.01. The van der Waals surface area contributed by atoms with Crippen LogP contribution in [-0.2, 0) is 9.59 Å². The van der Waals surface area contributed by atoms with Crippen molar-refractivity contribution in [2.45, 2.75) is 13.0 Å². The Labute approximate surface area is 243 Å². The third kappa shape index (κ3) is 7.12. The van der Waals surface area contributed by atoms with Crippen LogP contribution < -0.4 is 34.9 Å². The Morgan fingerprint density at radius 3 is 2.07 bits per heavy atom. The van der Waals surface area contributed by atoms with Crippen LogP contribution in [0.4, 0.5) is 11.4 Å². The summed E-state index contributed by atoms with van der Waals surface area (Å²) in [5.41, 5.74) is 2.97. The molecule has 0 spiro atoms. The van der Waals surface area contributed by atoms with E-state index in [2.05, 4.69) is 16.0 Å². The third-order valence-electron chi connectivity index (χ3n) is 6.21. The van der Waals surface area contributed by atoms with Gasteiger partial charge in [0.25, 0.3) is 5.91 Å². The van der Waals surface area contributed by atoms with Gasteiger partial charge in [-0.05, 0) is 61.0 Å². The molecular weight excluding hydrogens is 544 g/mol. The minimum atomic E-state index is -0.721. The molecule has 3 aromatic rings. The molecule has 1 aliphatic rings. The summed E-state index contributed by atoms with van der Waals surface area (Å²) in [4.78, 5) is 31.1. The van der Waals surface area contributed by atoms with E-state index in [1.165, 1.54) is 33.1 Å². The van der Waals surface area contributed by atoms with E-state index in [9.17, 15) is 9.59 Å². The van der Waals surface area contributed by atoms with Gasteiger partial charge in [0.2, 0.25) is 11.7 Å². The second-order valence-corrected chi connectivity index (χ2v) is 9.81. The zero-order valence-electron chi connectivity index (χ0n) is 23.4. The molecule has 1 heterocycles. The van der Waals surface area contributed by atoms with E-state index in [4.69, 9.17) is 23.9 Å². The number of amidine groups is 1. The number of carbonyl (C=O) groups is 2. The smallest absolute Gasteiger partial charge is 0.255 e. The molecule has 0 saturated heterocycles. The first-order chi connectivity index (χ1) is 19.9. The van der Waals surface area contributed by atoms with Gasteiger partial charge in [-0.1, -0.05) is 30.0 Å². The number of allylic oxidation sites excluding steroid dienone is 1. The van der Waals surface area contributed by atoms with E-state index in [0.29, 0.717) is 56.4 Å². The van der Waals surface area contributed by atoms with E-state index >= 15 is 0 Å². The molecule has 0 saturated carbocycles. The highest BCUT2D eigenvalue weighted by molar-refractivity contribution is 8.14. The fraction of sp³-hybridized carbons (Fsp3) is 0.233. The first kappa shape index (κ1) is 29.3. The summed E-state index contributed by atoms with van der Waals surface area (Å²) in [6.45, 7) is 1.80. The Bertz CT molecular complexity index is 1430. The summed E-state index contributed by atoms with van der Waals surface area (Å²) in [6, 6.07) is 19.1. The van der Waals surface area contributed by atoms with Crippen molar-refractivity contribution < 1.29 is 28.5 Å². The molecular formula is C30H32N4O6S. The van der Waals surface area contributed by atoms with Gasteiger partial charge in [-0.3, -0.25) is 9.59 Å². The number of amides is 2. The first-order valence-electron chi connectivity index (χ1n) is 12.6. The van der Waals surface area contributed by atoms with Crippen molar-refractivity contribution in [3.8, 4) is 23.0 Å². The van der Waals surface area contributed by atoms with Crippen LogP contribution in [-0.4, -0.2) is 51.2 Å². The lowest BCUT2D eigenvalue weighted by atomic mass is 9.95. The van der Waals surface area contributed by atoms with Crippen LogP contribution in [0.25, 0.3) is 0 Å². The Morgan fingerprint density at radius 1 is 0.854 bits per heavy atom. The highest BCUT2D eigenvalue weighted by Crippen LogP contribution is 2.43. The van der Waals surface area contributed by atoms with Gasteiger partial charge >= 0.3 is 0 Å². The summed E-state index contributed by atoms with van der Waals surface area (Å²) in [5.74, 6) is 1.57. The highest BCUT2D eigenvalue weighted by Gasteiger charge is 2.31. The molecule has 0 bridgehead atoms. The van der Waals surface area contributed by atoms with Crippen LogP contribution >= 0.6 is 11.8 Å². The fourth-order valence-corrected chi connectivity index (χ4v) is 4.99. The number of para-hydroxylation sites is 1. The van der Waals surface area contributed by atoms with Crippen molar-refractivity contribution in [1.29, 1.82) is 0 Å². The number of thioether (sulfide) groups is 1. The highest BCUT2D eigenvalue weighted by atomic mass is 32.2. The molecule has 41 heavy (non-hydrogen) atoms. The number of rotatable bonds is 10. The monoisotopic (exact) mass is 576 g/mol. The Morgan fingerprint density at radius 2 is 1.49 bits per heavy atom. The van der Waals surface area contributed by atoms with Crippen molar-refractivity contribution in [3.63, 3.8) is 0 Å². The molecule has 0 aliphatic carbocycles. The van der Waals surface area contributed by atoms with Crippen LogP contribution in [0.3, 0.4) is 0 Å². The zero-order valence-corrected chi connectivity index (χ0v) is 24.3. The van der Waals surface area contributed by atoms with Crippen LogP contribution in [0.1, 0.15) is 18.5 Å². The number of methoxy groups -OCH3 is 4. The van der Waals surface area contributed by atoms with Gasteiger partial charge in [0, 0.05) is 17.1 Å². The molecule has 0 radical (unpaired) electrons. The number of nitrogens with zero attached hydrogens (tertiary/aromatic N) is 1. The van der Waals surface area contributed by atoms with Crippen molar-refractivity contribution >= 4 is 40.1 Å². The third-order valence-corrected chi connectivity index (χ3v) is 7.10. The first-order valence-corrected chi connectivity index (χ1v) is 13.6. The minimum Gasteiger partial charge on any atom is -0.497 e. The standard InChI is InChI=1S/C30H32N4O6S/c1-18-26(29(36)33-20-9-7-6-8-10-20)27(19-15-23(38-3)28(40-5)24(16-19)39-4)34-30(31-18)41-17-25(35)32-21-11-13-22(37-2)14-12-21/h6-16,27H,17H2,1-5H3,(H,31,34)(H,32,35)(H,33,36)/t27-/m0/s1. The molecule has 2 amide bonds. The number of aliphatic imine (C=N–C) groups is 1. The summed E-state index contributed by atoms with van der Waals surface area (Å²) in [7, 11) is 6.16. The van der Waals surface area contributed by atoms with E-state index in [-0.39, 0.29) is 17.6 Å². The van der Waals surface area contributed by atoms with E-state index in [1.807, 2.05) is 30.3 Å². The van der Waals surface area contributed by atoms with Gasteiger partial charge in [0.05, 0.1) is 39.8 Å². The van der Waals surface area contributed by atoms with E-state index in [1.54, 1.807) is 50.4 Å². The molecule has 1 atom stereocenters. The molecule has 0 unspecified atom stereocenters. The molecule has 214 valence electrons. The van der Waals surface area contributed by atoms with Crippen molar-refractivity contribution in [2.24, 2.45) is 4.99 Å². The van der Waals surface area contributed by atoms with Crippen LogP contribution in [0.2, 0.25) is 0 Å². The van der Waals surface area contributed by atoms with Gasteiger partial charge in [-0.15, -0.1) is 0 Å². The summed E-state index contributed by atoms with van der Waals surface area (Å²) in [5, 5.41) is 9.50. The maximum absolute atomic E-state index is 13.6. The number of benzene rings is 3. The number of hydrogen-bond acceptors (Lipinski definition) is 9. The molecule has 3 N–H and O–H groups in total. The normalized spacial score (nSPS) is 14.4. The van der Waals surface area contributed by atoms with E-state index < -0.39 is 6.04 Å². The zero-order chi connectivity index (χ0) is 29.4. The molecule has 0 aromatic heterocycles. The number of ether oxygens (including phenoxy) is 4. The van der Waals surface area contributed by atoms with Crippen molar-refractivity contribution in [1.82, 2.24) is 5.32 Å². The molecule has 10 nitrogen and oxygen atoms in total. The average Bonchev–Trinajstić information content (AvgIpc) is 2.99. The lowest BCUT2D eigenvalue weighted by Gasteiger charge is -2.27. The summed E-state index contributed by atoms with van der Waals surface area (Å²) >= 11 is 1.23. The average molecular weight is 577 g/mol. The molecule has 4 rings (SSSR count). The van der Waals surface area contributed by atoms with Crippen LogP contribution in [0, 0.1) is 0 Å². The van der Waals surface area contributed by atoms with Crippen LogP contribution in [0.15, 0.2) is 83.0 Å². The Hall–Kier alpha value is -4.64. The summed E-state index contributed by atoms with van der Waals surface area (Å²) < 4.78 is 21.7. The predicted molar refractivity (Wildman–Crippen MR) is 161 cm³/mol. The fourth-order valence-electron chi connectivity index (χ4n) is 4.24. The number of anilines is 2. The minimum absolute atomic E-state index is 0.0959. The Kier molecular flexibility index (Phi) is 9.75. The number of hydrogen-bond donors (Lipinski definition) is 3. The maximum Gasteiger partial charge on any atom is 0.255 e. The van der Waals surface area contributed by atoms with Gasteiger partial charge in [-0.2, -0.15) is 0 Å². The van der Waals surface area contributed by atoms with Crippen LogP contribution in [0.5, 0.6) is 23.0 Å². The molecule has 3 aromatic carbocycles. The Balaban J connectivity index is 1.62. The van der Waals surface area contributed by atoms with Crippen molar-refractivity contribution in [2.75, 3.05) is 44.8 Å². The topological polar surface area (TPSA) is 120 Å². The second kappa shape index (κ2) is 13.6. The second-order valence-electron chi connectivity index (χ2n) is 8.84. The SMILES string of the molecule is COc1ccc(NC(=O)CSC2=N[C@@H](c3cc(OC)c(OC)c(OC)c3)C(C(=O)Nc3ccccc3)=C(C)N2)cc1. The van der Waals surface area contributed by atoms with Gasteiger partial charge in [0.15, 0.2) is 16.7 Å². The molecule has 11 heteroatoms. The van der Waals surface area contributed by atoms with Crippen molar-refractivity contribution in [3.05, 3.63) is 83.6 Å². The lowest BCUT2D eigenvalue weighted by Crippen LogP contribution is -2.32. The van der Waals surface area contributed by atoms with Gasteiger partial charge in [-0.25, -0.2) is 4.99 Å². The molecule has 0 fully saturated rings. The van der Waals surface area contributed by atoms with E-state index in [0.717, 1.165) is 0 Å². The number of nitrogens with one attached hydrogen (secondary N) is 3. The lowest BCUT2D eigenvalue weighted by molar-refractivity contribution is -0.114. The maximum atomic E-state index is 13.6. The van der Waals surface area contributed by atoms with Gasteiger partial charge in [0.1, 0.15) is 11.8 Å². The number of carbonyl (C=O) groups excluding carboxylic acids is 2. The van der Waals surface area contributed by atoms with Gasteiger partial charge < -0.3 is 34.9 Å². The largest absolute Gasteiger partial charge is 0.497 e. The molecule has 1 aliphatic heterocycles.